The number of aliphatic hydroxyl groups is 1. The van der Waals surface area contributed by atoms with Gasteiger partial charge in [-0.2, -0.15) is 5.10 Å². The quantitative estimate of drug-likeness (QED) is 0.759. The van der Waals surface area contributed by atoms with Gasteiger partial charge >= 0.3 is 6.03 Å². The van der Waals surface area contributed by atoms with Gasteiger partial charge in [0.2, 0.25) is 0 Å². The molecule has 1 heterocycles. The van der Waals surface area contributed by atoms with Gasteiger partial charge in [0.15, 0.2) is 0 Å². The number of aliphatic hydroxyl groups excluding tert-OH is 1. The third kappa shape index (κ3) is 4.89. The van der Waals surface area contributed by atoms with E-state index < -0.39 is 6.10 Å². The number of rotatable bonds is 6. The van der Waals surface area contributed by atoms with Gasteiger partial charge < -0.3 is 15.7 Å². The summed E-state index contributed by atoms with van der Waals surface area (Å²) in [5.41, 5.74) is 2.11. The molecule has 2 aromatic rings. The molecule has 0 bridgehead atoms. The Bertz CT molecular complexity index is 595. The summed E-state index contributed by atoms with van der Waals surface area (Å²) >= 11 is 0. The largest absolute Gasteiger partial charge is 0.392 e. The van der Waals surface area contributed by atoms with Crippen molar-refractivity contribution in [2.75, 3.05) is 6.54 Å². The molecule has 3 N–H and O–H groups in total. The van der Waals surface area contributed by atoms with E-state index in [-0.39, 0.29) is 18.6 Å². The highest BCUT2D eigenvalue weighted by Gasteiger charge is 2.11. The minimum Gasteiger partial charge on any atom is -0.392 e. The first-order chi connectivity index (χ1) is 10.5. The van der Waals surface area contributed by atoms with E-state index >= 15 is 0 Å². The molecule has 22 heavy (non-hydrogen) atoms. The van der Waals surface area contributed by atoms with Crippen LogP contribution in [0.3, 0.4) is 0 Å². The highest BCUT2D eigenvalue weighted by molar-refractivity contribution is 5.74. The zero-order valence-corrected chi connectivity index (χ0v) is 12.9. The van der Waals surface area contributed by atoms with Crippen LogP contribution in [0, 0.1) is 0 Å². The number of aromatic nitrogens is 2. The summed E-state index contributed by atoms with van der Waals surface area (Å²) in [6.07, 6.45) is 3.12. The summed E-state index contributed by atoms with van der Waals surface area (Å²) < 4.78 is 1.84. The highest BCUT2D eigenvalue weighted by Crippen LogP contribution is 2.12. The highest BCUT2D eigenvalue weighted by atomic mass is 16.3. The third-order valence-corrected chi connectivity index (χ3v) is 3.25. The van der Waals surface area contributed by atoms with E-state index in [1.165, 1.54) is 5.56 Å². The van der Waals surface area contributed by atoms with Crippen molar-refractivity contribution >= 4 is 6.03 Å². The Morgan fingerprint density at radius 3 is 2.73 bits per heavy atom. The molecule has 0 aliphatic rings. The van der Waals surface area contributed by atoms with Crippen LogP contribution in [0.5, 0.6) is 0 Å². The van der Waals surface area contributed by atoms with Crippen molar-refractivity contribution in [2.24, 2.45) is 0 Å². The van der Waals surface area contributed by atoms with Crippen molar-refractivity contribution in [2.45, 2.75) is 32.5 Å². The topological polar surface area (TPSA) is 79.2 Å². The molecule has 0 saturated heterocycles. The number of carbonyl (C=O) groups is 1. The second-order valence-corrected chi connectivity index (χ2v) is 5.38. The van der Waals surface area contributed by atoms with E-state index in [0.717, 1.165) is 5.56 Å². The fraction of sp³-hybridized carbons (Fsp3) is 0.375. The molecule has 0 radical (unpaired) electrons. The maximum absolute atomic E-state index is 11.7. The van der Waals surface area contributed by atoms with Crippen LogP contribution in [-0.4, -0.2) is 33.6 Å². The Morgan fingerprint density at radius 1 is 1.32 bits per heavy atom. The number of hydrogen-bond acceptors (Lipinski definition) is 3. The monoisotopic (exact) mass is 302 g/mol. The molecule has 0 saturated carbocycles. The molecule has 118 valence electrons. The Morgan fingerprint density at radius 2 is 2.05 bits per heavy atom. The predicted octanol–water partition coefficient (Wildman–Crippen LogP) is 1.67. The van der Waals surface area contributed by atoms with E-state index in [0.29, 0.717) is 6.54 Å². The zero-order chi connectivity index (χ0) is 15.9. The van der Waals surface area contributed by atoms with Crippen molar-refractivity contribution in [3.63, 3.8) is 0 Å². The summed E-state index contributed by atoms with van der Waals surface area (Å²) in [7, 11) is 0. The van der Waals surface area contributed by atoms with Crippen molar-refractivity contribution in [1.82, 2.24) is 20.4 Å². The summed E-state index contributed by atoms with van der Waals surface area (Å²) in [6, 6.07) is 9.62. The van der Waals surface area contributed by atoms with Crippen LogP contribution < -0.4 is 10.6 Å². The second kappa shape index (κ2) is 7.61. The summed E-state index contributed by atoms with van der Waals surface area (Å²) in [5.74, 6) is 0. The average molecular weight is 302 g/mol. The molecule has 2 rings (SSSR count). The molecule has 2 amide bonds. The fourth-order valence-corrected chi connectivity index (χ4v) is 2.03. The molecule has 6 nitrogen and oxygen atoms in total. The lowest BCUT2D eigenvalue weighted by Gasteiger charge is -2.13. The molecule has 6 heteroatoms. The van der Waals surface area contributed by atoms with Crippen LogP contribution in [0.2, 0.25) is 0 Å². The first kappa shape index (κ1) is 16.0. The Balaban J connectivity index is 1.89. The van der Waals surface area contributed by atoms with E-state index in [4.69, 9.17) is 5.11 Å². The van der Waals surface area contributed by atoms with Crippen molar-refractivity contribution in [3.8, 4) is 0 Å². The van der Waals surface area contributed by atoms with Crippen LogP contribution >= 0.6 is 0 Å². The van der Waals surface area contributed by atoms with Gasteiger partial charge in [-0.1, -0.05) is 30.3 Å². The van der Waals surface area contributed by atoms with Gasteiger partial charge in [0.1, 0.15) is 0 Å². The molecular formula is C16H22N4O2. The lowest BCUT2D eigenvalue weighted by atomic mass is 10.2. The van der Waals surface area contributed by atoms with Gasteiger partial charge in [0.25, 0.3) is 0 Å². The zero-order valence-electron chi connectivity index (χ0n) is 12.9. The van der Waals surface area contributed by atoms with Crippen molar-refractivity contribution in [1.29, 1.82) is 0 Å². The van der Waals surface area contributed by atoms with E-state index in [9.17, 15) is 4.79 Å². The molecule has 0 spiro atoms. The normalized spacial score (nSPS) is 13.4. The van der Waals surface area contributed by atoms with Crippen LogP contribution in [0.25, 0.3) is 0 Å². The fourth-order valence-electron chi connectivity index (χ4n) is 2.03. The van der Waals surface area contributed by atoms with Crippen molar-refractivity contribution < 1.29 is 9.90 Å². The molecule has 1 aromatic carbocycles. The average Bonchev–Trinajstić information content (AvgIpc) is 2.95. The number of benzene rings is 1. The number of nitrogens with zero attached hydrogens (tertiary/aromatic N) is 2. The molecular weight excluding hydrogens is 280 g/mol. The number of hydrogen-bond donors (Lipinski definition) is 3. The minimum absolute atomic E-state index is 0.154. The maximum Gasteiger partial charge on any atom is 0.315 e. The van der Waals surface area contributed by atoms with Gasteiger partial charge in [0, 0.05) is 18.3 Å². The van der Waals surface area contributed by atoms with E-state index in [2.05, 4.69) is 15.7 Å². The second-order valence-electron chi connectivity index (χ2n) is 5.38. The predicted molar refractivity (Wildman–Crippen MR) is 84.4 cm³/mol. The summed E-state index contributed by atoms with van der Waals surface area (Å²) in [5, 5.41) is 18.9. The standard InChI is InChI=1S/C16H22N4O2/c1-12(21)8-17-16(22)19-13(2)15-9-18-20(11-15)10-14-6-4-3-5-7-14/h3-7,9,11-13,21H,8,10H2,1-2H3,(H2,17,19,22)/t12-,13+/m1/s1. The SMILES string of the molecule is C[C@H](NC(=O)NC[C@@H](C)O)c1cnn(Cc2ccccc2)c1. The van der Waals surface area contributed by atoms with Gasteiger partial charge in [-0.25, -0.2) is 4.79 Å². The number of nitrogens with one attached hydrogen (secondary N) is 2. The first-order valence-electron chi connectivity index (χ1n) is 7.33. The molecule has 1 aromatic heterocycles. The van der Waals surface area contributed by atoms with Crippen LogP contribution in [0.4, 0.5) is 4.79 Å². The van der Waals surface area contributed by atoms with Gasteiger partial charge in [0.05, 0.1) is 24.9 Å². The van der Waals surface area contributed by atoms with Gasteiger partial charge in [-0.15, -0.1) is 0 Å². The Hall–Kier alpha value is -2.34. The summed E-state index contributed by atoms with van der Waals surface area (Å²) in [4.78, 5) is 11.7. The molecule has 0 fully saturated rings. The van der Waals surface area contributed by atoms with E-state index in [1.807, 2.05) is 48.1 Å². The smallest absolute Gasteiger partial charge is 0.315 e. The first-order valence-corrected chi connectivity index (χ1v) is 7.33. The van der Waals surface area contributed by atoms with Crippen LogP contribution in [-0.2, 0) is 6.54 Å². The Kier molecular flexibility index (Phi) is 5.55. The number of amides is 2. The van der Waals surface area contributed by atoms with E-state index in [1.54, 1.807) is 13.1 Å². The Labute approximate surface area is 130 Å². The molecule has 2 atom stereocenters. The maximum atomic E-state index is 11.7. The van der Waals surface area contributed by atoms with Crippen molar-refractivity contribution in [3.05, 3.63) is 53.9 Å². The molecule has 0 aliphatic heterocycles. The lowest BCUT2D eigenvalue weighted by Crippen LogP contribution is -2.40. The third-order valence-electron chi connectivity index (χ3n) is 3.25. The molecule has 0 aliphatic carbocycles. The lowest BCUT2D eigenvalue weighted by molar-refractivity contribution is 0.187. The van der Waals surface area contributed by atoms with Gasteiger partial charge in [-0.3, -0.25) is 4.68 Å². The van der Waals surface area contributed by atoms with Gasteiger partial charge in [-0.05, 0) is 19.4 Å². The minimum atomic E-state index is -0.560. The van der Waals surface area contributed by atoms with Crippen LogP contribution in [0.15, 0.2) is 42.7 Å². The summed E-state index contributed by atoms with van der Waals surface area (Å²) in [6.45, 7) is 4.44. The number of urea groups is 1. The van der Waals surface area contributed by atoms with Crippen LogP contribution in [0.1, 0.15) is 31.0 Å². The molecule has 0 unspecified atom stereocenters. The number of carbonyl (C=O) groups excluding carboxylic acids is 1.